The van der Waals surface area contributed by atoms with Crippen LogP contribution >= 0.6 is 11.6 Å². The molecule has 8 nitrogen and oxygen atoms in total. The standard InChI is InChI=1S/C23H22ClFN6O2/c1-13-22(14(2)30(3)29-13)28-23-26-8-6-19(27-23)15-7-9-31(21(33)11-15)20(12-32)16-4-5-17(24)18(25)10-16/h4-11,20,32H,12H2,1-3H3,(H,26,27,28). The van der Waals surface area contributed by atoms with Gasteiger partial charge in [-0.1, -0.05) is 17.7 Å². The first-order valence-electron chi connectivity index (χ1n) is 10.2. The van der Waals surface area contributed by atoms with Gasteiger partial charge in [0.15, 0.2) is 0 Å². The third-order valence-corrected chi connectivity index (χ3v) is 5.79. The zero-order chi connectivity index (χ0) is 23.7. The highest BCUT2D eigenvalue weighted by molar-refractivity contribution is 6.30. The summed E-state index contributed by atoms with van der Waals surface area (Å²) in [5.41, 5.74) is 3.79. The number of hydrogen-bond acceptors (Lipinski definition) is 6. The average Bonchev–Trinajstić information content (AvgIpc) is 3.03. The number of rotatable bonds is 6. The predicted molar refractivity (Wildman–Crippen MR) is 124 cm³/mol. The van der Waals surface area contributed by atoms with Gasteiger partial charge in [-0.3, -0.25) is 9.48 Å². The van der Waals surface area contributed by atoms with Gasteiger partial charge in [-0.15, -0.1) is 0 Å². The summed E-state index contributed by atoms with van der Waals surface area (Å²) in [6.45, 7) is 3.45. The topological polar surface area (TPSA) is 97.9 Å². The Hall–Kier alpha value is -3.56. The molecule has 4 rings (SSSR count). The van der Waals surface area contributed by atoms with Gasteiger partial charge in [0.25, 0.3) is 5.56 Å². The second kappa shape index (κ2) is 9.13. The molecule has 3 heterocycles. The van der Waals surface area contributed by atoms with Crippen LogP contribution in [-0.4, -0.2) is 36.0 Å². The first kappa shape index (κ1) is 22.6. The van der Waals surface area contributed by atoms with E-state index < -0.39 is 11.9 Å². The fraction of sp³-hybridized carbons (Fsp3) is 0.217. The van der Waals surface area contributed by atoms with E-state index in [0.717, 1.165) is 17.1 Å². The van der Waals surface area contributed by atoms with E-state index in [-0.39, 0.29) is 17.2 Å². The van der Waals surface area contributed by atoms with Gasteiger partial charge in [0, 0.05) is 31.1 Å². The van der Waals surface area contributed by atoms with Crippen LogP contribution in [0.4, 0.5) is 16.0 Å². The molecule has 0 saturated heterocycles. The molecule has 0 bridgehead atoms. The molecule has 0 radical (unpaired) electrons. The highest BCUT2D eigenvalue weighted by Crippen LogP contribution is 2.25. The lowest BCUT2D eigenvalue weighted by Gasteiger charge is -2.18. The maximum absolute atomic E-state index is 13.9. The Kier molecular flexibility index (Phi) is 6.26. The summed E-state index contributed by atoms with van der Waals surface area (Å²) in [6, 6.07) is 8.27. The molecule has 3 aromatic heterocycles. The molecule has 0 aliphatic rings. The number of aliphatic hydroxyl groups is 1. The predicted octanol–water partition coefficient (Wildman–Crippen LogP) is 3.77. The molecule has 0 aliphatic heterocycles. The second-order valence-electron chi connectivity index (χ2n) is 7.59. The molecule has 2 N–H and O–H groups in total. The van der Waals surface area contributed by atoms with Crippen molar-refractivity contribution in [2.24, 2.45) is 7.05 Å². The van der Waals surface area contributed by atoms with Crippen molar-refractivity contribution < 1.29 is 9.50 Å². The second-order valence-corrected chi connectivity index (χ2v) is 8.00. The Morgan fingerprint density at radius 1 is 1.21 bits per heavy atom. The highest BCUT2D eigenvalue weighted by Gasteiger charge is 2.17. The molecule has 0 amide bonds. The molecule has 1 atom stereocenters. The number of aliphatic hydroxyl groups excluding tert-OH is 1. The van der Waals surface area contributed by atoms with Crippen LogP contribution in [0.15, 0.2) is 53.6 Å². The molecule has 10 heteroatoms. The zero-order valence-electron chi connectivity index (χ0n) is 18.3. The van der Waals surface area contributed by atoms with Gasteiger partial charge in [-0.25, -0.2) is 14.4 Å². The number of anilines is 2. The molecular formula is C23H22ClFN6O2. The van der Waals surface area contributed by atoms with Crippen LogP contribution in [-0.2, 0) is 7.05 Å². The van der Waals surface area contributed by atoms with Crippen LogP contribution < -0.4 is 10.9 Å². The molecule has 170 valence electrons. The van der Waals surface area contributed by atoms with Gasteiger partial charge in [0.05, 0.1) is 40.4 Å². The Balaban J connectivity index is 1.64. The summed E-state index contributed by atoms with van der Waals surface area (Å²) in [5, 5.41) is 17.4. The molecule has 0 aliphatic carbocycles. The molecule has 0 spiro atoms. The summed E-state index contributed by atoms with van der Waals surface area (Å²) in [5.74, 6) is -0.238. The monoisotopic (exact) mass is 468 g/mol. The minimum Gasteiger partial charge on any atom is -0.394 e. The van der Waals surface area contributed by atoms with E-state index >= 15 is 0 Å². The Morgan fingerprint density at radius 3 is 2.64 bits per heavy atom. The SMILES string of the molecule is Cc1nn(C)c(C)c1Nc1nccc(-c2ccn(C(CO)c3ccc(Cl)c(F)c3)c(=O)c2)n1. The third-order valence-electron chi connectivity index (χ3n) is 5.48. The number of pyridine rings is 1. The van der Waals surface area contributed by atoms with E-state index in [1.807, 2.05) is 20.9 Å². The van der Waals surface area contributed by atoms with Crippen LogP contribution in [0.3, 0.4) is 0 Å². The molecule has 1 aromatic carbocycles. The van der Waals surface area contributed by atoms with Gasteiger partial charge < -0.3 is 15.0 Å². The quantitative estimate of drug-likeness (QED) is 0.447. The zero-order valence-corrected chi connectivity index (χ0v) is 19.0. The fourth-order valence-electron chi connectivity index (χ4n) is 3.63. The van der Waals surface area contributed by atoms with Crippen molar-refractivity contribution in [2.75, 3.05) is 11.9 Å². The molecule has 33 heavy (non-hydrogen) atoms. The number of halogens is 2. The number of aromatic nitrogens is 5. The minimum atomic E-state index is -0.752. The van der Waals surface area contributed by atoms with E-state index in [9.17, 15) is 14.3 Å². The lowest BCUT2D eigenvalue weighted by atomic mass is 10.1. The van der Waals surface area contributed by atoms with E-state index in [0.29, 0.717) is 22.8 Å². The van der Waals surface area contributed by atoms with Crippen LogP contribution in [0.25, 0.3) is 11.3 Å². The molecule has 0 saturated carbocycles. The van der Waals surface area contributed by atoms with Crippen LogP contribution in [0.1, 0.15) is 23.0 Å². The smallest absolute Gasteiger partial charge is 0.251 e. The van der Waals surface area contributed by atoms with E-state index in [1.54, 1.807) is 35.3 Å². The molecule has 1 unspecified atom stereocenters. The largest absolute Gasteiger partial charge is 0.394 e. The number of nitrogens with zero attached hydrogens (tertiary/aromatic N) is 5. The van der Waals surface area contributed by atoms with Crippen LogP contribution in [0, 0.1) is 19.7 Å². The first-order valence-corrected chi connectivity index (χ1v) is 10.5. The maximum atomic E-state index is 13.9. The summed E-state index contributed by atoms with van der Waals surface area (Å²) in [6.07, 6.45) is 3.15. The van der Waals surface area contributed by atoms with Crippen molar-refractivity contribution in [2.45, 2.75) is 19.9 Å². The summed E-state index contributed by atoms with van der Waals surface area (Å²) >= 11 is 5.75. The van der Waals surface area contributed by atoms with Gasteiger partial charge >= 0.3 is 0 Å². The normalized spacial score (nSPS) is 12.1. The van der Waals surface area contributed by atoms with Crippen molar-refractivity contribution in [3.05, 3.63) is 86.9 Å². The Labute approximate surface area is 194 Å². The molecule has 4 aromatic rings. The lowest BCUT2D eigenvalue weighted by molar-refractivity contribution is 0.247. The Morgan fingerprint density at radius 2 is 2.00 bits per heavy atom. The Bertz CT molecular complexity index is 1380. The maximum Gasteiger partial charge on any atom is 0.251 e. The van der Waals surface area contributed by atoms with Gasteiger partial charge in [-0.2, -0.15) is 5.10 Å². The summed E-state index contributed by atoms with van der Waals surface area (Å²) in [4.78, 5) is 21.7. The van der Waals surface area contributed by atoms with Crippen molar-refractivity contribution in [3.8, 4) is 11.3 Å². The third kappa shape index (κ3) is 4.50. The number of hydrogen-bond donors (Lipinski definition) is 2. The molecular weight excluding hydrogens is 447 g/mol. The first-order chi connectivity index (χ1) is 15.8. The minimum absolute atomic E-state index is 0.0250. The average molecular weight is 469 g/mol. The van der Waals surface area contributed by atoms with E-state index in [1.165, 1.54) is 22.8 Å². The van der Waals surface area contributed by atoms with Crippen LogP contribution in [0.2, 0.25) is 5.02 Å². The van der Waals surface area contributed by atoms with E-state index in [2.05, 4.69) is 20.4 Å². The van der Waals surface area contributed by atoms with Gasteiger partial charge in [-0.05, 0) is 43.7 Å². The van der Waals surface area contributed by atoms with Crippen molar-refractivity contribution in [1.29, 1.82) is 0 Å². The van der Waals surface area contributed by atoms with Crippen molar-refractivity contribution in [1.82, 2.24) is 24.3 Å². The van der Waals surface area contributed by atoms with Crippen LogP contribution in [0.5, 0.6) is 0 Å². The summed E-state index contributed by atoms with van der Waals surface area (Å²) in [7, 11) is 1.86. The van der Waals surface area contributed by atoms with E-state index in [4.69, 9.17) is 11.6 Å². The lowest BCUT2D eigenvalue weighted by Crippen LogP contribution is -2.27. The van der Waals surface area contributed by atoms with Gasteiger partial charge in [0.2, 0.25) is 5.95 Å². The number of aryl methyl sites for hydroxylation is 2. The number of benzene rings is 1. The van der Waals surface area contributed by atoms with Crippen molar-refractivity contribution in [3.63, 3.8) is 0 Å². The fourth-order valence-corrected chi connectivity index (χ4v) is 3.74. The highest BCUT2D eigenvalue weighted by atomic mass is 35.5. The number of nitrogens with one attached hydrogen (secondary N) is 1. The van der Waals surface area contributed by atoms with Crippen molar-refractivity contribution >= 4 is 23.2 Å². The summed E-state index contributed by atoms with van der Waals surface area (Å²) < 4.78 is 17.0. The molecule has 0 fully saturated rings. The van der Waals surface area contributed by atoms with Gasteiger partial charge in [0.1, 0.15) is 5.82 Å².